The first-order chi connectivity index (χ1) is 9.93. The van der Waals surface area contributed by atoms with Gasteiger partial charge in [0.05, 0.1) is 17.8 Å². The van der Waals surface area contributed by atoms with Gasteiger partial charge in [0.1, 0.15) is 16.3 Å². The van der Waals surface area contributed by atoms with Crippen molar-refractivity contribution in [3.8, 4) is 5.75 Å². The molecule has 5 nitrogen and oxygen atoms in total. The SMILES string of the molecule is COc1c(Cl)cccc1NC(=S)C1=C(O)C[C@H](C)NC1=O. The second-order valence-corrected chi connectivity index (χ2v) is 5.49. The first kappa shape index (κ1) is 15.6. The molecule has 1 aromatic carbocycles. The highest BCUT2D eigenvalue weighted by Crippen LogP contribution is 2.33. The number of ether oxygens (including phenoxy) is 1. The Labute approximate surface area is 132 Å². The fourth-order valence-electron chi connectivity index (χ4n) is 2.10. The number of methoxy groups -OCH3 is 1. The molecular weight excluding hydrogens is 312 g/mol. The summed E-state index contributed by atoms with van der Waals surface area (Å²) in [5, 5.41) is 16.0. The van der Waals surface area contributed by atoms with E-state index >= 15 is 0 Å². The molecule has 112 valence electrons. The van der Waals surface area contributed by atoms with Crippen molar-refractivity contribution in [2.75, 3.05) is 12.4 Å². The van der Waals surface area contributed by atoms with Crippen molar-refractivity contribution in [1.29, 1.82) is 0 Å². The zero-order chi connectivity index (χ0) is 15.6. The summed E-state index contributed by atoms with van der Waals surface area (Å²) in [5.41, 5.74) is 0.604. The van der Waals surface area contributed by atoms with Crippen molar-refractivity contribution in [1.82, 2.24) is 5.32 Å². The van der Waals surface area contributed by atoms with Crippen LogP contribution in [0.3, 0.4) is 0 Å². The van der Waals surface area contributed by atoms with Gasteiger partial charge in [-0.05, 0) is 19.1 Å². The lowest BCUT2D eigenvalue weighted by molar-refractivity contribution is -0.118. The van der Waals surface area contributed by atoms with Crippen LogP contribution >= 0.6 is 23.8 Å². The van der Waals surface area contributed by atoms with E-state index < -0.39 is 5.91 Å². The van der Waals surface area contributed by atoms with Gasteiger partial charge in [0, 0.05) is 12.5 Å². The highest BCUT2D eigenvalue weighted by atomic mass is 35.5. The number of halogens is 1. The molecule has 1 heterocycles. The van der Waals surface area contributed by atoms with Crippen LogP contribution in [0.15, 0.2) is 29.5 Å². The summed E-state index contributed by atoms with van der Waals surface area (Å²) in [6.45, 7) is 1.81. The number of rotatable bonds is 3. The van der Waals surface area contributed by atoms with E-state index in [1.54, 1.807) is 25.1 Å². The number of aliphatic hydroxyl groups excluding tert-OH is 1. The molecule has 0 unspecified atom stereocenters. The summed E-state index contributed by atoms with van der Waals surface area (Å²) in [5.74, 6) is 0.000631. The average molecular weight is 327 g/mol. The van der Waals surface area contributed by atoms with Gasteiger partial charge in [-0.2, -0.15) is 0 Å². The second kappa shape index (κ2) is 6.32. The lowest BCUT2D eigenvalue weighted by Gasteiger charge is -2.23. The van der Waals surface area contributed by atoms with Crippen LogP contribution in [0, 0.1) is 0 Å². The molecule has 0 aromatic heterocycles. The highest BCUT2D eigenvalue weighted by molar-refractivity contribution is 7.81. The Morgan fingerprint density at radius 1 is 1.57 bits per heavy atom. The Kier molecular flexibility index (Phi) is 4.69. The molecule has 21 heavy (non-hydrogen) atoms. The Morgan fingerprint density at radius 3 is 2.90 bits per heavy atom. The number of nitrogens with one attached hydrogen (secondary N) is 2. The van der Waals surface area contributed by atoms with Crippen molar-refractivity contribution in [2.24, 2.45) is 0 Å². The Hall–Kier alpha value is -1.79. The second-order valence-electron chi connectivity index (χ2n) is 4.68. The van der Waals surface area contributed by atoms with E-state index in [-0.39, 0.29) is 22.4 Å². The van der Waals surface area contributed by atoms with Crippen molar-refractivity contribution >= 4 is 40.4 Å². The number of carbonyl (C=O) groups is 1. The molecule has 0 radical (unpaired) electrons. The number of hydrogen-bond acceptors (Lipinski definition) is 4. The quantitative estimate of drug-likeness (QED) is 0.745. The highest BCUT2D eigenvalue weighted by Gasteiger charge is 2.27. The van der Waals surface area contributed by atoms with Gasteiger partial charge in [0.15, 0.2) is 5.75 Å². The molecule has 1 atom stereocenters. The monoisotopic (exact) mass is 326 g/mol. The molecule has 1 aliphatic rings. The summed E-state index contributed by atoms with van der Waals surface area (Å²) >= 11 is 11.2. The fourth-order valence-corrected chi connectivity index (χ4v) is 2.68. The summed E-state index contributed by atoms with van der Waals surface area (Å²) in [6.07, 6.45) is 0.343. The van der Waals surface area contributed by atoms with Gasteiger partial charge in [-0.1, -0.05) is 29.9 Å². The number of anilines is 1. The number of hydrogen-bond donors (Lipinski definition) is 3. The van der Waals surface area contributed by atoms with Crippen LogP contribution in [0.2, 0.25) is 5.02 Å². The van der Waals surface area contributed by atoms with Gasteiger partial charge in [0.25, 0.3) is 5.91 Å². The van der Waals surface area contributed by atoms with Crippen molar-refractivity contribution in [2.45, 2.75) is 19.4 Å². The summed E-state index contributed by atoms with van der Waals surface area (Å²) < 4.78 is 5.20. The summed E-state index contributed by atoms with van der Waals surface area (Å²) in [4.78, 5) is 12.1. The molecule has 0 bridgehead atoms. The van der Waals surface area contributed by atoms with Gasteiger partial charge in [-0.3, -0.25) is 4.79 Å². The fraction of sp³-hybridized carbons (Fsp3) is 0.286. The predicted octanol–water partition coefficient (Wildman–Crippen LogP) is 2.81. The third kappa shape index (κ3) is 3.28. The topological polar surface area (TPSA) is 70.6 Å². The lowest BCUT2D eigenvalue weighted by atomic mass is 10.0. The minimum Gasteiger partial charge on any atom is -0.511 e. The molecular formula is C14H15ClN2O3S. The standard InChI is InChI=1S/C14H15ClN2O3S/c1-7-6-10(18)11(13(19)16-7)14(21)17-9-5-3-4-8(15)12(9)20-2/h3-5,7,18H,6H2,1-2H3,(H,16,19)(H,17,21)/t7-/m0/s1. The van der Waals surface area contributed by atoms with Crippen LogP contribution in [-0.2, 0) is 4.79 Å². The van der Waals surface area contributed by atoms with Gasteiger partial charge < -0.3 is 20.5 Å². The molecule has 0 saturated heterocycles. The number of benzene rings is 1. The van der Waals surface area contributed by atoms with Crippen LogP contribution in [0.4, 0.5) is 5.69 Å². The summed E-state index contributed by atoms with van der Waals surface area (Å²) in [6, 6.07) is 5.01. The van der Waals surface area contributed by atoms with E-state index in [9.17, 15) is 9.90 Å². The molecule has 7 heteroatoms. The van der Waals surface area contributed by atoms with Crippen molar-refractivity contribution < 1.29 is 14.6 Å². The van der Waals surface area contributed by atoms with Gasteiger partial charge in [0.2, 0.25) is 0 Å². The molecule has 0 spiro atoms. The van der Waals surface area contributed by atoms with Crippen LogP contribution in [0.25, 0.3) is 0 Å². The van der Waals surface area contributed by atoms with Crippen LogP contribution in [0.1, 0.15) is 13.3 Å². The Bertz CT molecular complexity index is 631. The number of para-hydroxylation sites is 1. The van der Waals surface area contributed by atoms with Gasteiger partial charge in [-0.25, -0.2) is 0 Å². The first-order valence-corrected chi connectivity index (χ1v) is 7.09. The molecule has 1 aromatic rings. The van der Waals surface area contributed by atoms with E-state index in [1.807, 2.05) is 0 Å². The molecule has 0 saturated carbocycles. The Morgan fingerprint density at radius 2 is 2.29 bits per heavy atom. The molecule has 1 amide bonds. The van der Waals surface area contributed by atoms with Crippen LogP contribution < -0.4 is 15.4 Å². The molecule has 0 aliphatic carbocycles. The predicted molar refractivity (Wildman–Crippen MR) is 86.1 cm³/mol. The van der Waals surface area contributed by atoms with E-state index in [1.165, 1.54) is 7.11 Å². The third-order valence-corrected chi connectivity index (χ3v) is 3.64. The number of thiocarbonyl (C=S) groups is 1. The minimum absolute atomic E-state index is 0.0234. The van der Waals surface area contributed by atoms with Crippen molar-refractivity contribution in [3.63, 3.8) is 0 Å². The number of aliphatic hydroxyl groups is 1. The van der Waals surface area contributed by atoms with E-state index in [0.717, 1.165) is 0 Å². The maximum atomic E-state index is 12.0. The maximum absolute atomic E-state index is 12.0. The lowest BCUT2D eigenvalue weighted by Crippen LogP contribution is -2.41. The van der Waals surface area contributed by atoms with Gasteiger partial charge in [-0.15, -0.1) is 0 Å². The smallest absolute Gasteiger partial charge is 0.257 e. The molecule has 3 N–H and O–H groups in total. The van der Waals surface area contributed by atoms with Crippen LogP contribution in [-0.4, -0.2) is 29.2 Å². The van der Waals surface area contributed by atoms with E-state index in [0.29, 0.717) is 22.9 Å². The van der Waals surface area contributed by atoms with E-state index in [2.05, 4.69) is 10.6 Å². The summed E-state index contributed by atoms with van der Waals surface area (Å²) in [7, 11) is 1.49. The molecule has 0 fully saturated rings. The number of carbonyl (C=O) groups excluding carboxylic acids is 1. The molecule has 1 aliphatic heterocycles. The largest absolute Gasteiger partial charge is 0.511 e. The molecule has 2 rings (SSSR count). The minimum atomic E-state index is -0.398. The Balaban J connectivity index is 2.29. The third-order valence-electron chi connectivity index (χ3n) is 3.04. The maximum Gasteiger partial charge on any atom is 0.257 e. The van der Waals surface area contributed by atoms with Crippen molar-refractivity contribution in [3.05, 3.63) is 34.6 Å². The first-order valence-electron chi connectivity index (χ1n) is 6.31. The van der Waals surface area contributed by atoms with Crippen LogP contribution in [0.5, 0.6) is 5.75 Å². The average Bonchev–Trinajstić information content (AvgIpc) is 2.37. The zero-order valence-electron chi connectivity index (χ0n) is 11.6. The number of amides is 1. The van der Waals surface area contributed by atoms with E-state index in [4.69, 9.17) is 28.6 Å². The normalized spacial score (nSPS) is 18.2. The van der Waals surface area contributed by atoms with Gasteiger partial charge >= 0.3 is 0 Å². The zero-order valence-corrected chi connectivity index (χ0v) is 13.1.